The van der Waals surface area contributed by atoms with Crippen LogP contribution in [0.2, 0.25) is 0 Å². The number of aryl methyl sites for hydroxylation is 1. The van der Waals surface area contributed by atoms with Gasteiger partial charge in [0.1, 0.15) is 0 Å². The van der Waals surface area contributed by atoms with Crippen molar-refractivity contribution in [1.29, 1.82) is 0 Å². The van der Waals surface area contributed by atoms with Crippen molar-refractivity contribution in [1.82, 2.24) is 10.3 Å². The van der Waals surface area contributed by atoms with Crippen LogP contribution in [-0.2, 0) is 13.0 Å². The van der Waals surface area contributed by atoms with E-state index in [4.69, 9.17) is 0 Å². The second-order valence-electron chi connectivity index (χ2n) is 5.89. The highest BCUT2D eigenvalue weighted by molar-refractivity contribution is 7.11. The summed E-state index contributed by atoms with van der Waals surface area (Å²) < 4.78 is 0. The lowest BCUT2D eigenvalue weighted by molar-refractivity contribution is 0.410. The lowest BCUT2D eigenvalue weighted by atomic mass is 9.93. The van der Waals surface area contributed by atoms with Gasteiger partial charge in [0.05, 0.1) is 10.7 Å². The van der Waals surface area contributed by atoms with Crippen molar-refractivity contribution in [2.45, 2.75) is 60.5 Å². The third-order valence-corrected chi connectivity index (χ3v) is 3.45. The topological polar surface area (TPSA) is 24.9 Å². The van der Waals surface area contributed by atoms with E-state index < -0.39 is 0 Å². The van der Waals surface area contributed by atoms with Crippen molar-refractivity contribution in [3.8, 4) is 0 Å². The lowest BCUT2D eigenvalue weighted by Crippen LogP contribution is -2.21. The molecule has 3 heteroatoms. The van der Waals surface area contributed by atoms with Gasteiger partial charge in [-0.3, -0.25) is 0 Å². The Morgan fingerprint density at radius 1 is 1.31 bits per heavy atom. The fourth-order valence-electron chi connectivity index (χ4n) is 1.48. The average molecular weight is 240 g/mol. The van der Waals surface area contributed by atoms with Crippen LogP contribution in [0.25, 0.3) is 0 Å². The molecular weight excluding hydrogens is 216 g/mol. The predicted octanol–water partition coefficient (Wildman–Crippen LogP) is 3.54. The first-order valence-electron chi connectivity index (χ1n) is 5.96. The summed E-state index contributed by atoms with van der Waals surface area (Å²) in [6.45, 7) is 14.2. The normalized spacial score (nSPS) is 12.4. The molecule has 0 saturated carbocycles. The Bertz CT molecular complexity index is 334. The Labute approximate surface area is 103 Å². The Kier molecular flexibility index (Phi) is 4.51. The summed E-state index contributed by atoms with van der Waals surface area (Å²) >= 11 is 1.85. The molecule has 0 saturated heterocycles. The van der Waals surface area contributed by atoms with E-state index in [0.717, 1.165) is 13.0 Å². The first-order valence-corrected chi connectivity index (χ1v) is 6.78. The average Bonchev–Trinajstić information content (AvgIpc) is 2.39. The summed E-state index contributed by atoms with van der Waals surface area (Å²) in [4.78, 5) is 6.03. The number of nitrogens with one attached hydrogen (secondary N) is 1. The molecule has 1 aromatic rings. The molecule has 1 aromatic heterocycles. The number of aromatic nitrogens is 1. The monoisotopic (exact) mass is 240 g/mol. The van der Waals surface area contributed by atoms with E-state index in [0.29, 0.717) is 11.5 Å². The minimum Gasteiger partial charge on any atom is -0.310 e. The van der Waals surface area contributed by atoms with Crippen LogP contribution in [0, 0.1) is 12.3 Å². The van der Waals surface area contributed by atoms with E-state index in [-0.39, 0.29) is 0 Å². The van der Waals surface area contributed by atoms with Gasteiger partial charge in [-0.25, -0.2) is 4.98 Å². The molecule has 0 aliphatic heterocycles. The van der Waals surface area contributed by atoms with Gasteiger partial charge in [-0.1, -0.05) is 34.6 Å². The van der Waals surface area contributed by atoms with Gasteiger partial charge in [-0.05, 0) is 12.3 Å². The molecule has 2 nitrogen and oxygen atoms in total. The highest BCUT2D eigenvalue weighted by Gasteiger charge is 2.15. The standard InChI is InChI=1S/C13H24N2S/c1-9(2)14-8-11-10(3)15-12(16-11)7-13(4,5)6/h9,14H,7-8H2,1-6H3. The molecule has 0 unspecified atom stereocenters. The van der Waals surface area contributed by atoms with Crippen molar-refractivity contribution in [3.63, 3.8) is 0 Å². The smallest absolute Gasteiger partial charge is 0.0936 e. The third kappa shape index (κ3) is 4.62. The molecule has 1 rings (SSSR count). The maximum absolute atomic E-state index is 4.65. The minimum absolute atomic E-state index is 0.326. The first kappa shape index (κ1) is 13.7. The van der Waals surface area contributed by atoms with Crippen LogP contribution in [0.1, 0.15) is 50.2 Å². The van der Waals surface area contributed by atoms with E-state index in [9.17, 15) is 0 Å². The van der Waals surface area contributed by atoms with Gasteiger partial charge in [0.25, 0.3) is 0 Å². The van der Waals surface area contributed by atoms with Gasteiger partial charge in [-0.2, -0.15) is 0 Å². The number of hydrogen-bond acceptors (Lipinski definition) is 3. The van der Waals surface area contributed by atoms with Gasteiger partial charge in [0, 0.05) is 23.9 Å². The second-order valence-corrected chi connectivity index (χ2v) is 7.06. The third-order valence-electron chi connectivity index (χ3n) is 2.29. The molecule has 92 valence electrons. The zero-order valence-electron chi connectivity index (χ0n) is 11.3. The molecule has 0 aliphatic carbocycles. The van der Waals surface area contributed by atoms with Gasteiger partial charge < -0.3 is 5.32 Å². The number of rotatable bonds is 4. The van der Waals surface area contributed by atoms with Crippen LogP contribution in [-0.4, -0.2) is 11.0 Å². The van der Waals surface area contributed by atoms with E-state index in [2.05, 4.69) is 51.8 Å². The molecule has 0 aromatic carbocycles. The fraction of sp³-hybridized carbons (Fsp3) is 0.769. The Morgan fingerprint density at radius 3 is 2.44 bits per heavy atom. The largest absolute Gasteiger partial charge is 0.310 e. The quantitative estimate of drug-likeness (QED) is 0.870. The summed E-state index contributed by atoms with van der Waals surface area (Å²) in [5, 5.41) is 4.72. The molecule has 1 N–H and O–H groups in total. The highest BCUT2D eigenvalue weighted by atomic mass is 32.1. The van der Waals surface area contributed by atoms with E-state index in [1.165, 1.54) is 15.6 Å². The molecule has 16 heavy (non-hydrogen) atoms. The Morgan fingerprint density at radius 2 is 1.94 bits per heavy atom. The number of nitrogens with zero attached hydrogens (tertiary/aromatic N) is 1. The predicted molar refractivity (Wildman–Crippen MR) is 72.0 cm³/mol. The van der Waals surface area contributed by atoms with Crippen LogP contribution in [0.3, 0.4) is 0 Å². The van der Waals surface area contributed by atoms with Gasteiger partial charge in [-0.15, -0.1) is 11.3 Å². The van der Waals surface area contributed by atoms with Crippen molar-refractivity contribution in [2.24, 2.45) is 5.41 Å². The zero-order valence-corrected chi connectivity index (χ0v) is 12.2. The Hall–Kier alpha value is -0.410. The molecule has 0 fully saturated rings. The van der Waals surface area contributed by atoms with Crippen LogP contribution >= 0.6 is 11.3 Å². The second kappa shape index (κ2) is 5.28. The SMILES string of the molecule is Cc1nc(CC(C)(C)C)sc1CNC(C)C. The molecule has 0 bridgehead atoms. The van der Waals surface area contributed by atoms with Crippen molar-refractivity contribution in [3.05, 3.63) is 15.6 Å². The van der Waals surface area contributed by atoms with Gasteiger partial charge in [0.15, 0.2) is 0 Å². The molecular formula is C13H24N2S. The summed E-state index contributed by atoms with van der Waals surface area (Å²) in [5.41, 5.74) is 1.52. The van der Waals surface area contributed by atoms with E-state index >= 15 is 0 Å². The lowest BCUT2D eigenvalue weighted by Gasteiger charge is -2.15. The number of thiazole rings is 1. The molecule has 0 amide bonds. The van der Waals surface area contributed by atoms with Crippen LogP contribution in [0.5, 0.6) is 0 Å². The van der Waals surface area contributed by atoms with Crippen LogP contribution in [0.4, 0.5) is 0 Å². The van der Waals surface area contributed by atoms with Crippen molar-refractivity contribution < 1.29 is 0 Å². The molecule has 0 radical (unpaired) electrons. The van der Waals surface area contributed by atoms with Crippen molar-refractivity contribution in [2.75, 3.05) is 0 Å². The van der Waals surface area contributed by atoms with E-state index in [1.54, 1.807) is 0 Å². The molecule has 0 spiro atoms. The van der Waals surface area contributed by atoms with Gasteiger partial charge >= 0.3 is 0 Å². The molecule has 1 heterocycles. The summed E-state index contributed by atoms with van der Waals surface area (Å²) in [5.74, 6) is 0. The summed E-state index contributed by atoms with van der Waals surface area (Å²) in [6, 6.07) is 0.535. The molecule has 0 atom stereocenters. The highest BCUT2D eigenvalue weighted by Crippen LogP contribution is 2.26. The number of hydrogen-bond donors (Lipinski definition) is 1. The van der Waals surface area contributed by atoms with E-state index in [1.807, 2.05) is 11.3 Å². The minimum atomic E-state index is 0.326. The zero-order chi connectivity index (χ0) is 12.3. The van der Waals surface area contributed by atoms with Gasteiger partial charge in [0.2, 0.25) is 0 Å². The maximum atomic E-state index is 4.65. The first-order chi connectivity index (χ1) is 7.28. The summed E-state index contributed by atoms with van der Waals surface area (Å²) in [6.07, 6.45) is 1.07. The van der Waals surface area contributed by atoms with Crippen LogP contribution in [0.15, 0.2) is 0 Å². The fourth-order valence-corrected chi connectivity index (χ4v) is 2.80. The Balaban J connectivity index is 2.66. The molecule has 0 aliphatic rings. The maximum Gasteiger partial charge on any atom is 0.0936 e. The van der Waals surface area contributed by atoms with Crippen LogP contribution < -0.4 is 5.32 Å². The van der Waals surface area contributed by atoms with Crippen molar-refractivity contribution >= 4 is 11.3 Å². The summed E-state index contributed by atoms with van der Waals surface area (Å²) in [7, 11) is 0.